The molecule has 3 rings (SSSR count). The van der Waals surface area contributed by atoms with E-state index >= 15 is 0 Å². The van der Waals surface area contributed by atoms with Gasteiger partial charge in [-0.05, 0) is 56.6 Å². The van der Waals surface area contributed by atoms with Gasteiger partial charge in [0.25, 0.3) is 0 Å². The van der Waals surface area contributed by atoms with E-state index in [1.807, 2.05) is 6.07 Å². The van der Waals surface area contributed by atoms with Crippen molar-refractivity contribution in [1.82, 2.24) is 9.47 Å². The minimum absolute atomic E-state index is 0.284. The van der Waals surface area contributed by atoms with Gasteiger partial charge in [-0.3, -0.25) is 4.90 Å². The van der Waals surface area contributed by atoms with Gasteiger partial charge < -0.3 is 15.0 Å². The summed E-state index contributed by atoms with van der Waals surface area (Å²) in [6.07, 6.45) is 5.58. The largest absolute Gasteiger partial charge is 0.497 e. The van der Waals surface area contributed by atoms with Crippen molar-refractivity contribution < 1.29 is 4.74 Å². The second-order valence-electron chi connectivity index (χ2n) is 6.38. The molecule has 1 atom stereocenters. The van der Waals surface area contributed by atoms with Crippen LogP contribution in [0, 0.1) is 0 Å². The van der Waals surface area contributed by atoms with Gasteiger partial charge in [-0.15, -0.1) is 0 Å². The monoisotopic (exact) mass is 287 g/mol. The molecule has 4 nitrogen and oxygen atoms in total. The van der Waals surface area contributed by atoms with Crippen molar-refractivity contribution in [2.45, 2.75) is 31.8 Å². The Morgan fingerprint density at radius 3 is 2.67 bits per heavy atom. The smallest absolute Gasteiger partial charge is 0.119 e. The number of nitrogens with zero attached hydrogens (tertiary/aromatic N) is 2. The van der Waals surface area contributed by atoms with Crippen LogP contribution < -0.4 is 10.5 Å². The molecule has 4 heteroatoms. The third kappa shape index (κ3) is 2.65. The van der Waals surface area contributed by atoms with Gasteiger partial charge in [0.2, 0.25) is 0 Å². The lowest BCUT2D eigenvalue weighted by Gasteiger charge is -2.35. The van der Waals surface area contributed by atoms with Gasteiger partial charge in [0.05, 0.1) is 12.8 Å². The number of hydrogen-bond acceptors (Lipinski definition) is 3. The van der Waals surface area contributed by atoms with Gasteiger partial charge in [-0.1, -0.05) is 0 Å². The summed E-state index contributed by atoms with van der Waals surface area (Å²) in [5, 5.41) is 1.24. The number of aromatic nitrogens is 1. The lowest BCUT2D eigenvalue weighted by molar-refractivity contribution is 0.142. The highest BCUT2D eigenvalue weighted by Gasteiger charge is 2.30. The molecule has 1 saturated heterocycles. The van der Waals surface area contributed by atoms with E-state index < -0.39 is 0 Å². The molecular formula is C17H25N3O. The Bertz CT molecular complexity index is 639. The zero-order chi connectivity index (χ0) is 15.0. The zero-order valence-corrected chi connectivity index (χ0v) is 13.2. The minimum Gasteiger partial charge on any atom is -0.497 e. The Kier molecular flexibility index (Phi) is 3.68. The molecule has 0 saturated carbocycles. The van der Waals surface area contributed by atoms with E-state index in [-0.39, 0.29) is 5.66 Å². The van der Waals surface area contributed by atoms with E-state index in [4.69, 9.17) is 10.5 Å². The molecule has 1 aliphatic rings. The maximum absolute atomic E-state index is 6.61. The molecule has 2 aromatic rings. The van der Waals surface area contributed by atoms with Gasteiger partial charge in [0, 0.05) is 30.6 Å². The van der Waals surface area contributed by atoms with E-state index in [9.17, 15) is 0 Å². The lowest BCUT2D eigenvalue weighted by Crippen LogP contribution is -2.53. The summed E-state index contributed by atoms with van der Waals surface area (Å²) in [5.41, 5.74) is 8.85. The van der Waals surface area contributed by atoms with Crippen LogP contribution in [0.25, 0.3) is 10.9 Å². The molecule has 0 amide bonds. The molecular weight excluding hydrogens is 262 g/mol. The third-order valence-electron chi connectivity index (χ3n) is 4.66. The first-order valence-corrected chi connectivity index (χ1v) is 7.67. The van der Waals surface area contributed by atoms with Gasteiger partial charge in [0.15, 0.2) is 0 Å². The van der Waals surface area contributed by atoms with Gasteiger partial charge in [-0.25, -0.2) is 0 Å². The standard InChI is InChI=1S/C17H25N3O/c1-17(18,20-8-4-5-9-20)11-13-12-19(2)16-7-6-14(21-3)10-15(13)16/h6-7,10,12H,4-5,8-9,11,18H2,1-3H3. The number of methoxy groups -OCH3 is 1. The molecule has 2 N–H and O–H groups in total. The highest BCUT2D eigenvalue weighted by molar-refractivity contribution is 5.85. The van der Waals surface area contributed by atoms with Crippen LogP contribution in [0.2, 0.25) is 0 Å². The van der Waals surface area contributed by atoms with E-state index in [0.717, 1.165) is 25.3 Å². The number of ether oxygens (including phenoxy) is 1. The molecule has 0 radical (unpaired) electrons. The Hall–Kier alpha value is -1.52. The Morgan fingerprint density at radius 2 is 2.00 bits per heavy atom. The van der Waals surface area contributed by atoms with Crippen molar-refractivity contribution in [1.29, 1.82) is 0 Å². The number of likely N-dealkylation sites (tertiary alicyclic amines) is 1. The van der Waals surface area contributed by atoms with E-state index in [1.54, 1.807) is 7.11 Å². The Morgan fingerprint density at radius 1 is 1.29 bits per heavy atom. The first-order valence-electron chi connectivity index (χ1n) is 7.67. The number of benzene rings is 1. The van der Waals surface area contributed by atoms with Crippen LogP contribution in [0.4, 0.5) is 0 Å². The van der Waals surface area contributed by atoms with Crippen LogP contribution in [0.3, 0.4) is 0 Å². The van der Waals surface area contributed by atoms with Crippen molar-refractivity contribution in [3.63, 3.8) is 0 Å². The second kappa shape index (κ2) is 5.35. The van der Waals surface area contributed by atoms with E-state index in [0.29, 0.717) is 0 Å². The normalized spacial score (nSPS) is 19.0. The molecule has 114 valence electrons. The summed E-state index contributed by atoms with van der Waals surface area (Å²) in [4.78, 5) is 2.41. The molecule has 1 aliphatic heterocycles. The molecule has 0 spiro atoms. The predicted octanol–water partition coefficient (Wildman–Crippen LogP) is 2.50. The molecule has 0 bridgehead atoms. The van der Waals surface area contributed by atoms with Crippen molar-refractivity contribution in [2.24, 2.45) is 12.8 Å². The fourth-order valence-corrected chi connectivity index (χ4v) is 3.45. The highest BCUT2D eigenvalue weighted by atomic mass is 16.5. The van der Waals surface area contributed by atoms with Crippen molar-refractivity contribution in [2.75, 3.05) is 20.2 Å². The summed E-state index contributed by atoms with van der Waals surface area (Å²) < 4.78 is 7.54. The average Bonchev–Trinajstić information content (AvgIpc) is 3.08. The van der Waals surface area contributed by atoms with Crippen molar-refractivity contribution in [3.05, 3.63) is 30.0 Å². The van der Waals surface area contributed by atoms with Crippen LogP contribution in [-0.2, 0) is 13.5 Å². The zero-order valence-electron chi connectivity index (χ0n) is 13.2. The van der Waals surface area contributed by atoms with E-state index in [1.165, 1.54) is 29.3 Å². The third-order valence-corrected chi connectivity index (χ3v) is 4.66. The topological polar surface area (TPSA) is 43.4 Å². The maximum atomic E-state index is 6.61. The maximum Gasteiger partial charge on any atom is 0.119 e. The van der Waals surface area contributed by atoms with Gasteiger partial charge >= 0.3 is 0 Å². The van der Waals surface area contributed by atoms with Crippen LogP contribution in [0.5, 0.6) is 5.75 Å². The SMILES string of the molecule is COc1ccc2c(c1)c(CC(C)(N)N1CCCC1)cn2C. The van der Waals surface area contributed by atoms with Crippen LogP contribution in [0.15, 0.2) is 24.4 Å². The van der Waals surface area contributed by atoms with Crippen LogP contribution >= 0.6 is 0 Å². The summed E-state index contributed by atoms with van der Waals surface area (Å²) in [6, 6.07) is 6.24. The number of aryl methyl sites for hydroxylation is 1. The molecule has 1 aromatic heterocycles. The number of rotatable bonds is 4. The molecule has 2 heterocycles. The van der Waals surface area contributed by atoms with Crippen LogP contribution in [0.1, 0.15) is 25.3 Å². The second-order valence-corrected chi connectivity index (χ2v) is 6.38. The fourth-order valence-electron chi connectivity index (χ4n) is 3.45. The number of hydrogen-bond donors (Lipinski definition) is 1. The molecule has 1 fully saturated rings. The minimum atomic E-state index is -0.284. The summed E-state index contributed by atoms with van der Waals surface area (Å²) >= 11 is 0. The fraction of sp³-hybridized carbons (Fsp3) is 0.529. The quantitative estimate of drug-likeness (QED) is 0.939. The molecule has 1 aromatic carbocycles. The molecule has 0 aliphatic carbocycles. The Balaban J connectivity index is 1.96. The van der Waals surface area contributed by atoms with E-state index in [2.05, 4.69) is 41.8 Å². The first-order chi connectivity index (χ1) is 10.0. The summed E-state index contributed by atoms with van der Waals surface area (Å²) in [5.74, 6) is 0.898. The Labute approximate surface area is 126 Å². The average molecular weight is 287 g/mol. The number of nitrogens with two attached hydrogens (primary N) is 1. The highest BCUT2D eigenvalue weighted by Crippen LogP contribution is 2.29. The lowest BCUT2D eigenvalue weighted by atomic mass is 10.00. The predicted molar refractivity (Wildman–Crippen MR) is 86.6 cm³/mol. The summed E-state index contributed by atoms with van der Waals surface area (Å²) in [6.45, 7) is 4.37. The van der Waals surface area contributed by atoms with Gasteiger partial charge in [0.1, 0.15) is 5.75 Å². The number of fused-ring (bicyclic) bond motifs is 1. The summed E-state index contributed by atoms with van der Waals surface area (Å²) in [7, 11) is 3.79. The first kappa shape index (κ1) is 14.4. The van der Waals surface area contributed by atoms with Crippen molar-refractivity contribution in [3.8, 4) is 5.75 Å². The van der Waals surface area contributed by atoms with Gasteiger partial charge in [-0.2, -0.15) is 0 Å². The molecule has 21 heavy (non-hydrogen) atoms. The molecule has 1 unspecified atom stereocenters. The van der Waals surface area contributed by atoms with Crippen LogP contribution in [-0.4, -0.2) is 35.3 Å². The van der Waals surface area contributed by atoms with Crippen molar-refractivity contribution >= 4 is 10.9 Å².